The van der Waals surface area contributed by atoms with Crippen LogP contribution in [-0.2, 0) is 11.8 Å². The largest absolute Gasteiger partial charge is 0.353 e. The Morgan fingerprint density at radius 1 is 1.06 bits per heavy atom. The molecule has 4 aromatic rings. The van der Waals surface area contributed by atoms with Gasteiger partial charge in [0.2, 0.25) is 5.91 Å². The maximum absolute atomic E-state index is 11.7. The molecule has 5 rings (SSSR count). The Morgan fingerprint density at radius 3 is 2.65 bits per heavy atom. The third-order valence-electron chi connectivity index (χ3n) is 6.27. The first-order valence-electron chi connectivity index (χ1n) is 10.8. The zero-order chi connectivity index (χ0) is 21.4. The van der Waals surface area contributed by atoms with Gasteiger partial charge in [-0.2, -0.15) is 5.10 Å². The molecule has 7 nitrogen and oxygen atoms in total. The lowest BCUT2D eigenvalue weighted by Gasteiger charge is -2.15. The number of fused-ring (bicyclic) bond motifs is 1. The van der Waals surface area contributed by atoms with Crippen LogP contribution in [-0.4, -0.2) is 36.7 Å². The van der Waals surface area contributed by atoms with Gasteiger partial charge in [0, 0.05) is 30.5 Å². The van der Waals surface area contributed by atoms with Crippen LogP contribution in [0.4, 0.5) is 0 Å². The zero-order valence-corrected chi connectivity index (χ0v) is 17.8. The van der Waals surface area contributed by atoms with E-state index in [2.05, 4.69) is 63.2 Å². The second-order valence-electron chi connectivity index (χ2n) is 8.27. The van der Waals surface area contributed by atoms with Gasteiger partial charge in [0.15, 0.2) is 0 Å². The van der Waals surface area contributed by atoms with Crippen molar-refractivity contribution in [2.45, 2.75) is 44.7 Å². The Labute approximate surface area is 181 Å². The molecule has 31 heavy (non-hydrogen) atoms. The number of nitrogens with zero attached hydrogens (tertiary/aromatic N) is 5. The zero-order valence-electron chi connectivity index (χ0n) is 17.8. The molecule has 1 aliphatic carbocycles. The standard InChI is InChI=1S/C24H26N6O/c1-3-24(31)27-20-10-11-21(13-20)30-23(15-25-28-30)17-6-4-16(5-7-17)18-8-9-19-14-26-29(2)22(19)12-18/h4-9,12,14-15,20-21H,3,10-11,13H2,1-2H3,(H,27,31)/t20-,21+/m0/s1. The van der Waals surface area contributed by atoms with Gasteiger partial charge in [0.05, 0.1) is 29.6 Å². The third-order valence-corrected chi connectivity index (χ3v) is 6.27. The molecule has 1 saturated carbocycles. The first-order chi connectivity index (χ1) is 15.1. The summed E-state index contributed by atoms with van der Waals surface area (Å²) in [4.78, 5) is 11.7. The highest BCUT2D eigenvalue weighted by molar-refractivity contribution is 5.84. The molecule has 2 heterocycles. The van der Waals surface area contributed by atoms with Crippen molar-refractivity contribution in [3.05, 3.63) is 54.9 Å². The third kappa shape index (κ3) is 3.71. The Morgan fingerprint density at radius 2 is 1.84 bits per heavy atom. The molecule has 0 aliphatic heterocycles. The molecular weight excluding hydrogens is 388 g/mol. The number of hydrogen-bond acceptors (Lipinski definition) is 4. The summed E-state index contributed by atoms with van der Waals surface area (Å²) in [5.74, 6) is 0.115. The summed E-state index contributed by atoms with van der Waals surface area (Å²) >= 11 is 0. The fraction of sp³-hybridized carbons (Fsp3) is 0.333. The van der Waals surface area contributed by atoms with Crippen molar-refractivity contribution in [3.8, 4) is 22.4 Å². The Hall–Kier alpha value is -3.48. The summed E-state index contributed by atoms with van der Waals surface area (Å²) in [6, 6.07) is 15.4. The monoisotopic (exact) mass is 414 g/mol. The molecular formula is C24H26N6O. The lowest BCUT2D eigenvalue weighted by Crippen LogP contribution is -2.32. The van der Waals surface area contributed by atoms with Crippen LogP contribution in [0.5, 0.6) is 0 Å². The second-order valence-corrected chi connectivity index (χ2v) is 8.27. The number of hydrogen-bond donors (Lipinski definition) is 1. The fourth-order valence-electron chi connectivity index (χ4n) is 4.52. The smallest absolute Gasteiger partial charge is 0.219 e. The van der Waals surface area contributed by atoms with E-state index in [9.17, 15) is 4.79 Å². The van der Waals surface area contributed by atoms with Crippen LogP contribution in [0.25, 0.3) is 33.3 Å². The topological polar surface area (TPSA) is 77.6 Å². The minimum Gasteiger partial charge on any atom is -0.353 e. The molecule has 158 valence electrons. The number of aryl methyl sites for hydroxylation is 1. The average molecular weight is 415 g/mol. The molecule has 0 unspecified atom stereocenters. The first-order valence-corrected chi connectivity index (χ1v) is 10.8. The molecule has 1 amide bonds. The molecule has 0 radical (unpaired) electrons. The number of carbonyl (C=O) groups is 1. The number of nitrogens with one attached hydrogen (secondary N) is 1. The molecule has 0 spiro atoms. The van der Waals surface area contributed by atoms with Gasteiger partial charge < -0.3 is 5.32 Å². The lowest BCUT2D eigenvalue weighted by molar-refractivity contribution is -0.121. The Balaban J connectivity index is 1.37. The van der Waals surface area contributed by atoms with Crippen LogP contribution in [0, 0.1) is 0 Å². The molecule has 7 heteroatoms. The van der Waals surface area contributed by atoms with Crippen molar-refractivity contribution in [1.82, 2.24) is 30.1 Å². The highest BCUT2D eigenvalue weighted by Gasteiger charge is 2.29. The van der Waals surface area contributed by atoms with Crippen molar-refractivity contribution in [3.63, 3.8) is 0 Å². The van der Waals surface area contributed by atoms with E-state index < -0.39 is 0 Å². The first kappa shape index (κ1) is 19.5. The normalized spacial score (nSPS) is 18.5. The average Bonchev–Trinajstić information content (AvgIpc) is 3.54. The summed E-state index contributed by atoms with van der Waals surface area (Å²) < 4.78 is 3.92. The van der Waals surface area contributed by atoms with Crippen molar-refractivity contribution >= 4 is 16.8 Å². The van der Waals surface area contributed by atoms with Gasteiger partial charge >= 0.3 is 0 Å². The van der Waals surface area contributed by atoms with Crippen molar-refractivity contribution in [2.24, 2.45) is 7.05 Å². The Kier molecular flexibility index (Phi) is 5.02. The van der Waals surface area contributed by atoms with E-state index in [1.54, 1.807) is 0 Å². The van der Waals surface area contributed by atoms with E-state index in [1.165, 1.54) is 5.56 Å². The molecule has 2 aromatic heterocycles. The van der Waals surface area contributed by atoms with Crippen LogP contribution in [0.1, 0.15) is 38.6 Å². The number of rotatable bonds is 5. The van der Waals surface area contributed by atoms with Crippen LogP contribution < -0.4 is 5.32 Å². The molecule has 2 aromatic carbocycles. The number of benzene rings is 2. The summed E-state index contributed by atoms with van der Waals surface area (Å²) in [6.07, 6.45) is 7.10. The number of carbonyl (C=O) groups excluding carboxylic acids is 1. The molecule has 1 aliphatic rings. The van der Waals surface area contributed by atoms with Crippen molar-refractivity contribution < 1.29 is 4.79 Å². The number of aromatic nitrogens is 5. The van der Waals surface area contributed by atoms with Crippen LogP contribution in [0.2, 0.25) is 0 Å². The highest BCUT2D eigenvalue weighted by atomic mass is 16.1. The van der Waals surface area contributed by atoms with Gasteiger partial charge in [-0.1, -0.05) is 48.5 Å². The van der Waals surface area contributed by atoms with Crippen molar-refractivity contribution in [1.29, 1.82) is 0 Å². The van der Waals surface area contributed by atoms with E-state index in [4.69, 9.17) is 0 Å². The summed E-state index contributed by atoms with van der Waals surface area (Å²) in [5.41, 5.74) is 5.56. The maximum Gasteiger partial charge on any atom is 0.219 e. The number of amides is 1. The van der Waals surface area contributed by atoms with E-state index in [0.717, 1.165) is 47.0 Å². The Bertz CT molecular complexity index is 1220. The van der Waals surface area contributed by atoms with Gasteiger partial charge in [0.25, 0.3) is 0 Å². The molecule has 0 bridgehead atoms. The highest BCUT2D eigenvalue weighted by Crippen LogP contribution is 2.34. The van der Waals surface area contributed by atoms with E-state index in [0.29, 0.717) is 6.42 Å². The molecule has 0 saturated heterocycles. The van der Waals surface area contributed by atoms with Gasteiger partial charge in [-0.3, -0.25) is 9.48 Å². The van der Waals surface area contributed by atoms with Gasteiger partial charge in [-0.15, -0.1) is 5.10 Å². The SMILES string of the molecule is CCC(=O)N[C@H]1CC[C@@H](n2nncc2-c2ccc(-c3ccc4cnn(C)c4c3)cc2)C1. The van der Waals surface area contributed by atoms with E-state index >= 15 is 0 Å². The maximum atomic E-state index is 11.7. The van der Waals surface area contributed by atoms with E-state index in [-0.39, 0.29) is 18.0 Å². The summed E-state index contributed by atoms with van der Waals surface area (Å²) in [6.45, 7) is 1.88. The minimum atomic E-state index is 0.115. The van der Waals surface area contributed by atoms with E-state index in [1.807, 2.05) is 35.7 Å². The summed E-state index contributed by atoms with van der Waals surface area (Å²) in [7, 11) is 1.96. The molecule has 1 fully saturated rings. The molecule has 1 N–H and O–H groups in total. The quantitative estimate of drug-likeness (QED) is 0.533. The minimum absolute atomic E-state index is 0.115. The fourth-order valence-corrected chi connectivity index (χ4v) is 4.52. The summed E-state index contributed by atoms with van der Waals surface area (Å²) in [5, 5.41) is 17.1. The second kappa shape index (κ2) is 7.98. The van der Waals surface area contributed by atoms with Crippen LogP contribution >= 0.6 is 0 Å². The van der Waals surface area contributed by atoms with Crippen LogP contribution in [0.15, 0.2) is 54.9 Å². The lowest BCUT2D eigenvalue weighted by atomic mass is 10.0. The van der Waals surface area contributed by atoms with Crippen LogP contribution in [0.3, 0.4) is 0 Å². The van der Waals surface area contributed by atoms with Gasteiger partial charge in [-0.05, 0) is 36.5 Å². The van der Waals surface area contributed by atoms with Gasteiger partial charge in [-0.25, -0.2) is 4.68 Å². The predicted octanol–water partition coefficient (Wildman–Crippen LogP) is 4.12. The van der Waals surface area contributed by atoms with Gasteiger partial charge in [0.1, 0.15) is 0 Å². The molecule has 2 atom stereocenters. The van der Waals surface area contributed by atoms with Crippen molar-refractivity contribution in [2.75, 3.05) is 0 Å². The predicted molar refractivity (Wildman–Crippen MR) is 120 cm³/mol.